The molecule has 0 aliphatic rings. The van der Waals surface area contributed by atoms with Gasteiger partial charge in [-0.15, -0.1) is 6.58 Å². The molecule has 0 amide bonds. The first-order valence-electron chi connectivity index (χ1n) is 7.85. The lowest BCUT2D eigenvalue weighted by Crippen LogP contribution is -2.05. The van der Waals surface area contributed by atoms with E-state index < -0.39 is 0 Å². The largest absolute Gasteiger partial charge is 0.366 e. The van der Waals surface area contributed by atoms with Gasteiger partial charge in [-0.3, -0.25) is 0 Å². The Hall–Kier alpha value is -3.65. The molecular formula is C20H17N5. The normalized spacial score (nSPS) is 9.88. The number of hydrogen-bond donors (Lipinski definition) is 2. The van der Waals surface area contributed by atoms with E-state index >= 15 is 0 Å². The molecule has 2 N–H and O–H groups in total. The molecule has 1 aromatic heterocycles. The SMILES string of the molecule is C=CCNc1cc(Nc2ccccc2C#N)nc(-c2ccccc2)n1. The Morgan fingerprint density at radius 2 is 1.72 bits per heavy atom. The molecule has 122 valence electrons. The van der Waals surface area contributed by atoms with Crippen LogP contribution in [0.2, 0.25) is 0 Å². The third-order valence-corrected chi connectivity index (χ3v) is 3.50. The zero-order valence-corrected chi connectivity index (χ0v) is 13.6. The van der Waals surface area contributed by atoms with E-state index in [1.54, 1.807) is 12.1 Å². The van der Waals surface area contributed by atoms with Crippen molar-refractivity contribution in [2.24, 2.45) is 0 Å². The highest BCUT2D eigenvalue weighted by molar-refractivity contribution is 5.68. The number of anilines is 3. The van der Waals surface area contributed by atoms with Gasteiger partial charge in [0.05, 0.1) is 11.3 Å². The van der Waals surface area contributed by atoms with Crippen molar-refractivity contribution in [3.8, 4) is 17.5 Å². The van der Waals surface area contributed by atoms with Crippen LogP contribution in [0, 0.1) is 11.3 Å². The lowest BCUT2D eigenvalue weighted by atomic mass is 10.2. The first-order valence-corrected chi connectivity index (χ1v) is 7.85. The molecular weight excluding hydrogens is 310 g/mol. The second-order valence-corrected chi connectivity index (χ2v) is 5.28. The average Bonchev–Trinajstić information content (AvgIpc) is 2.67. The molecule has 0 atom stereocenters. The van der Waals surface area contributed by atoms with Crippen LogP contribution < -0.4 is 10.6 Å². The number of nitrogens with one attached hydrogen (secondary N) is 2. The van der Waals surface area contributed by atoms with Crippen LogP contribution in [0.15, 0.2) is 73.3 Å². The lowest BCUT2D eigenvalue weighted by molar-refractivity contribution is 1.15. The molecule has 0 bridgehead atoms. The highest BCUT2D eigenvalue weighted by Crippen LogP contribution is 2.24. The Bertz CT molecular complexity index is 913. The maximum atomic E-state index is 9.25. The maximum absolute atomic E-state index is 9.25. The van der Waals surface area contributed by atoms with Crippen molar-refractivity contribution in [2.75, 3.05) is 17.2 Å². The van der Waals surface area contributed by atoms with Crippen LogP contribution in [0.4, 0.5) is 17.3 Å². The van der Waals surface area contributed by atoms with Gasteiger partial charge in [0.1, 0.15) is 17.7 Å². The van der Waals surface area contributed by atoms with Crippen LogP contribution in [0.3, 0.4) is 0 Å². The molecule has 0 spiro atoms. The van der Waals surface area contributed by atoms with Crippen molar-refractivity contribution in [3.05, 3.63) is 78.9 Å². The lowest BCUT2D eigenvalue weighted by Gasteiger charge is -2.11. The highest BCUT2D eigenvalue weighted by Gasteiger charge is 2.08. The molecule has 2 aromatic carbocycles. The Balaban J connectivity index is 2.00. The zero-order chi connectivity index (χ0) is 17.5. The van der Waals surface area contributed by atoms with E-state index in [4.69, 9.17) is 0 Å². The van der Waals surface area contributed by atoms with Gasteiger partial charge >= 0.3 is 0 Å². The summed E-state index contributed by atoms with van der Waals surface area (Å²) in [5.41, 5.74) is 2.18. The number of aromatic nitrogens is 2. The first kappa shape index (κ1) is 16.2. The molecule has 0 fully saturated rings. The van der Waals surface area contributed by atoms with Crippen molar-refractivity contribution >= 4 is 17.3 Å². The molecule has 0 unspecified atom stereocenters. The number of para-hydroxylation sites is 1. The topological polar surface area (TPSA) is 73.6 Å². The van der Waals surface area contributed by atoms with Crippen LogP contribution in [-0.4, -0.2) is 16.5 Å². The average molecular weight is 327 g/mol. The molecule has 1 heterocycles. The number of hydrogen-bond acceptors (Lipinski definition) is 5. The third kappa shape index (κ3) is 4.01. The first-order chi connectivity index (χ1) is 12.3. The predicted molar refractivity (Wildman–Crippen MR) is 101 cm³/mol. The van der Waals surface area contributed by atoms with E-state index in [9.17, 15) is 5.26 Å². The fourth-order valence-electron chi connectivity index (χ4n) is 2.32. The molecule has 3 rings (SSSR count). The van der Waals surface area contributed by atoms with E-state index in [1.807, 2.05) is 54.6 Å². The summed E-state index contributed by atoms with van der Waals surface area (Å²) < 4.78 is 0. The van der Waals surface area contributed by atoms with Crippen LogP contribution in [0.1, 0.15) is 5.56 Å². The predicted octanol–water partition coefficient (Wildman–Crippen LogP) is 4.36. The van der Waals surface area contributed by atoms with Crippen molar-refractivity contribution in [2.45, 2.75) is 0 Å². The Kier molecular flexibility index (Phi) is 5.03. The molecule has 3 aromatic rings. The molecule has 0 radical (unpaired) electrons. The van der Waals surface area contributed by atoms with E-state index in [0.29, 0.717) is 35.3 Å². The van der Waals surface area contributed by atoms with Gasteiger partial charge < -0.3 is 10.6 Å². The van der Waals surface area contributed by atoms with Gasteiger partial charge in [-0.05, 0) is 12.1 Å². The fraction of sp³-hybridized carbons (Fsp3) is 0.0500. The Morgan fingerprint density at radius 1 is 1.00 bits per heavy atom. The Labute approximate surface area is 146 Å². The summed E-state index contributed by atoms with van der Waals surface area (Å²) in [4.78, 5) is 9.14. The van der Waals surface area contributed by atoms with Crippen LogP contribution in [-0.2, 0) is 0 Å². The zero-order valence-electron chi connectivity index (χ0n) is 13.6. The summed E-state index contributed by atoms with van der Waals surface area (Å²) in [6, 6.07) is 21.1. The van der Waals surface area contributed by atoms with Crippen LogP contribution in [0.25, 0.3) is 11.4 Å². The second-order valence-electron chi connectivity index (χ2n) is 5.28. The van der Waals surface area contributed by atoms with Crippen molar-refractivity contribution in [3.63, 3.8) is 0 Å². The second kappa shape index (κ2) is 7.75. The fourth-order valence-corrected chi connectivity index (χ4v) is 2.32. The van der Waals surface area contributed by atoms with Crippen molar-refractivity contribution in [1.82, 2.24) is 9.97 Å². The van der Waals surface area contributed by atoms with Gasteiger partial charge in [0.25, 0.3) is 0 Å². The van der Waals surface area contributed by atoms with E-state index in [0.717, 1.165) is 5.56 Å². The third-order valence-electron chi connectivity index (χ3n) is 3.50. The smallest absolute Gasteiger partial charge is 0.163 e. The van der Waals surface area contributed by atoms with Crippen molar-refractivity contribution in [1.29, 1.82) is 5.26 Å². The van der Waals surface area contributed by atoms with Gasteiger partial charge in [-0.2, -0.15) is 5.26 Å². The van der Waals surface area contributed by atoms with Gasteiger partial charge in [0, 0.05) is 18.2 Å². The summed E-state index contributed by atoms with van der Waals surface area (Å²) in [5.74, 6) is 1.90. The minimum Gasteiger partial charge on any atom is -0.366 e. The molecule has 0 saturated heterocycles. The maximum Gasteiger partial charge on any atom is 0.163 e. The van der Waals surface area contributed by atoms with Gasteiger partial charge in [0.2, 0.25) is 0 Å². The molecule has 25 heavy (non-hydrogen) atoms. The molecule has 5 nitrogen and oxygen atoms in total. The highest BCUT2D eigenvalue weighted by atomic mass is 15.1. The van der Waals surface area contributed by atoms with Crippen LogP contribution in [0.5, 0.6) is 0 Å². The number of benzene rings is 2. The molecule has 5 heteroatoms. The van der Waals surface area contributed by atoms with E-state index in [2.05, 4.69) is 33.2 Å². The summed E-state index contributed by atoms with van der Waals surface area (Å²) in [7, 11) is 0. The van der Waals surface area contributed by atoms with E-state index in [-0.39, 0.29) is 0 Å². The number of nitrogens with zero attached hydrogens (tertiary/aromatic N) is 3. The quantitative estimate of drug-likeness (QED) is 0.658. The summed E-state index contributed by atoms with van der Waals surface area (Å²) in [5, 5.41) is 15.6. The monoisotopic (exact) mass is 327 g/mol. The van der Waals surface area contributed by atoms with E-state index in [1.165, 1.54) is 0 Å². The molecule has 0 saturated carbocycles. The van der Waals surface area contributed by atoms with Gasteiger partial charge in [-0.25, -0.2) is 9.97 Å². The van der Waals surface area contributed by atoms with Gasteiger partial charge in [0.15, 0.2) is 5.82 Å². The summed E-state index contributed by atoms with van der Waals surface area (Å²) in [6.07, 6.45) is 1.77. The van der Waals surface area contributed by atoms with Crippen molar-refractivity contribution < 1.29 is 0 Å². The summed E-state index contributed by atoms with van der Waals surface area (Å²) in [6.45, 7) is 4.31. The number of rotatable bonds is 6. The minimum atomic E-state index is 0.558. The summed E-state index contributed by atoms with van der Waals surface area (Å²) >= 11 is 0. The molecule has 0 aliphatic carbocycles. The standard InChI is InChI=1S/C20H17N5/c1-2-12-22-18-13-19(23-17-11-7-6-10-16(17)14-21)25-20(24-18)15-8-4-3-5-9-15/h2-11,13H,1,12H2,(H2,22,23,24,25). The molecule has 0 aliphatic heterocycles. The minimum absolute atomic E-state index is 0.558. The number of nitriles is 1. The van der Waals surface area contributed by atoms with Gasteiger partial charge in [-0.1, -0.05) is 48.5 Å². The Morgan fingerprint density at radius 3 is 2.48 bits per heavy atom. The van der Waals surface area contributed by atoms with Crippen LogP contribution >= 0.6 is 0 Å².